The molecule has 0 saturated carbocycles. The van der Waals surface area contributed by atoms with Crippen molar-refractivity contribution in [2.45, 2.75) is 6.61 Å². The van der Waals surface area contributed by atoms with Crippen LogP contribution in [0.2, 0.25) is 0 Å². The van der Waals surface area contributed by atoms with Gasteiger partial charge in [-0.05, 0) is 17.7 Å². The van der Waals surface area contributed by atoms with E-state index >= 15 is 0 Å². The third kappa shape index (κ3) is 4.60. The molecule has 0 aromatic heterocycles. The second-order valence-corrected chi connectivity index (χ2v) is 4.45. The van der Waals surface area contributed by atoms with Crippen molar-refractivity contribution in [2.75, 3.05) is 6.61 Å². The Morgan fingerprint density at radius 3 is 2.68 bits per heavy atom. The maximum Gasteiger partial charge on any atom is 0.275 e. The molecule has 0 heterocycles. The monoisotopic (exact) mass is 300 g/mol. The van der Waals surface area contributed by atoms with E-state index < -0.39 is 5.91 Å². The number of nitrogens with zero attached hydrogens (tertiary/aromatic N) is 1. The molecule has 0 atom stereocenters. The van der Waals surface area contributed by atoms with Crippen molar-refractivity contribution in [3.05, 3.63) is 59.7 Å². The molecule has 2 rings (SSSR count). The number of hydrogen-bond acceptors (Lipinski definition) is 5. The zero-order valence-corrected chi connectivity index (χ0v) is 11.8. The van der Waals surface area contributed by atoms with E-state index in [0.717, 1.165) is 11.6 Å². The quantitative estimate of drug-likeness (QED) is 0.432. The zero-order chi connectivity index (χ0) is 15.8. The molecule has 3 N–H and O–H groups in total. The average molecular weight is 300 g/mol. The van der Waals surface area contributed by atoms with E-state index in [1.807, 2.05) is 30.3 Å². The molecule has 0 aliphatic rings. The van der Waals surface area contributed by atoms with Gasteiger partial charge in [0, 0.05) is 6.07 Å². The molecule has 6 nitrogen and oxygen atoms in total. The van der Waals surface area contributed by atoms with Crippen molar-refractivity contribution in [2.24, 2.45) is 5.10 Å². The van der Waals surface area contributed by atoms with Crippen LogP contribution in [0.5, 0.6) is 11.5 Å². The van der Waals surface area contributed by atoms with E-state index in [1.165, 1.54) is 18.3 Å². The van der Waals surface area contributed by atoms with Crippen LogP contribution in [0.25, 0.3) is 0 Å². The molecule has 22 heavy (non-hydrogen) atoms. The van der Waals surface area contributed by atoms with Gasteiger partial charge in [0.1, 0.15) is 11.5 Å². The molecule has 2 aromatic carbocycles. The molecule has 114 valence electrons. The number of aromatic hydroxyl groups is 2. The Hall–Kier alpha value is -2.86. The number of benzene rings is 2. The Labute approximate surface area is 127 Å². The normalized spacial score (nSPS) is 10.7. The SMILES string of the molecule is O=C(NN=CCOCc1ccccc1)c1ccc(O)cc1O. The maximum atomic E-state index is 11.7. The van der Waals surface area contributed by atoms with E-state index in [-0.39, 0.29) is 23.7 Å². The van der Waals surface area contributed by atoms with Crippen LogP contribution in [-0.2, 0) is 11.3 Å². The van der Waals surface area contributed by atoms with Crippen molar-refractivity contribution in [1.29, 1.82) is 0 Å². The molecule has 6 heteroatoms. The molecular weight excluding hydrogens is 284 g/mol. The lowest BCUT2D eigenvalue weighted by Crippen LogP contribution is -2.18. The van der Waals surface area contributed by atoms with E-state index in [0.29, 0.717) is 6.61 Å². The number of ether oxygens (including phenoxy) is 1. The summed E-state index contributed by atoms with van der Waals surface area (Å²) in [6.45, 7) is 0.705. The summed E-state index contributed by atoms with van der Waals surface area (Å²) in [5, 5.41) is 22.4. The van der Waals surface area contributed by atoms with Crippen molar-refractivity contribution in [3.63, 3.8) is 0 Å². The number of nitrogens with one attached hydrogen (secondary N) is 1. The van der Waals surface area contributed by atoms with Crippen LogP contribution in [0.1, 0.15) is 15.9 Å². The van der Waals surface area contributed by atoms with Crippen molar-refractivity contribution in [1.82, 2.24) is 5.43 Å². The van der Waals surface area contributed by atoms with Gasteiger partial charge in [0.15, 0.2) is 0 Å². The first-order valence-corrected chi connectivity index (χ1v) is 6.62. The smallest absolute Gasteiger partial charge is 0.275 e. The summed E-state index contributed by atoms with van der Waals surface area (Å²) >= 11 is 0. The molecule has 0 saturated heterocycles. The minimum absolute atomic E-state index is 0.0279. The lowest BCUT2D eigenvalue weighted by Gasteiger charge is -2.03. The van der Waals surface area contributed by atoms with Gasteiger partial charge in [-0.3, -0.25) is 4.79 Å². The summed E-state index contributed by atoms with van der Waals surface area (Å²) in [6, 6.07) is 13.4. The lowest BCUT2D eigenvalue weighted by atomic mass is 10.2. The van der Waals surface area contributed by atoms with Gasteiger partial charge < -0.3 is 14.9 Å². The third-order valence-corrected chi connectivity index (χ3v) is 2.79. The molecule has 0 aliphatic heterocycles. The number of phenolic OH excluding ortho intramolecular Hbond substituents is 2. The van der Waals surface area contributed by atoms with E-state index in [1.54, 1.807) is 0 Å². The standard InChI is InChI=1S/C16H16N2O4/c19-13-6-7-14(15(20)10-13)16(21)18-17-8-9-22-11-12-4-2-1-3-5-12/h1-8,10,19-20H,9,11H2,(H,18,21). The molecule has 2 aromatic rings. The van der Waals surface area contributed by atoms with Crippen LogP contribution in [0.4, 0.5) is 0 Å². The van der Waals surface area contributed by atoms with E-state index in [4.69, 9.17) is 9.84 Å². The predicted molar refractivity (Wildman–Crippen MR) is 81.8 cm³/mol. The Morgan fingerprint density at radius 1 is 1.18 bits per heavy atom. The minimum Gasteiger partial charge on any atom is -0.508 e. The highest BCUT2D eigenvalue weighted by Gasteiger charge is 2.10. The number of amides is 1. The van der Waals surface area contributed by atoms with Crippen LogP contribution in [0, 0.1) is 0 Å². The largest absolute Gasteiger partial charge is 0.508 e. The van der Waals surface area contributed by atoms with Gasteiger partial charge in [0.2, 0.25) is 0 Å². The van der Waals surface area contributed by atoms with Crippen LogP contribution in [0.3, 0.4) is 0 Å². The molecule has 0 fully saturated rings. The first-order chi connectivity index (χ1) is 10.7. The Kier molecular flexibility index (Phi) is 5.50. The van der Waals surface area contributed by atoms with Gasteiger partial charge >= 0.3 is 0 Å². The molecule has 0 unspecified atom stereocenters. The summed E-state index contributed by atoms with van der Waals surface area (Å²) in [5.41, 5.74) is 3.34. The molecule has 0 radical (unpaired) electrons. The number of hydrogen-bond donors (Lipinski definition) is 3. The highest BCUT2D eigenvalue weighted by Crippen LogP contribution is 2.22. The first-order valence-electron chi connectivity index (χ1n) is 6.62. The number of phenols is 2. The highest BCUT2D eigenvalue weighted by molar-refractivity contribution is 5.97. The number of carbonyl (C=O) groups excluding carboxylic acids is 1. The molecule has 0 bridgehead atoms. The fourth-order valence-corrected chi connectivity index (χ4v) is 1.72. The number of rotatable bonds is 6. The second kappa shape index (κ2) is 7.80. The second-order valence-electron chi connectivity index (χ2n) is 4.45. The minimum atomic E-state index is -0.572. The Morgan fingerprint density at radius 2 is 1.95 bits per heavy atom. The number of carbonyl (C=O) groups is 1. The number of hydrazone groups is 1. The summed E-state index contributed by atoms with van der Waals surface area (Å²) in [7, 11) is 0. The lowest BCUT2D eigenvalue weighted by molar-refractivity contribution is 0.0951. The molecule has 0 aliphatic carbocycles. The van der Waals surface area contributed by atoms with Crippen molar-refractivity contribution < 1.29 is 19.7 Å². The zero-order valence-electron chi connectivity index (χ0n) is 11.8. The summed E-state index contributed by atoms with van der Waals surface area (Å²) in [6.07, 6.45) is 1.41. The first kappa shape index (κ1) is 15.5. The molecular formula is C16H16N2O4. The Balaban J connectivity index is 1.74. The summed E-state index contributed by atoms with van der Waals surface area (Å²) < 4.78 is 5.36. The fraction of sp³-hybridized carbons (Fsp3) is 0.125. The van der Waals surface area contributed by atoms with Crippen LogP contribution >= 0.6 is 0 Å². The van der Waals surface area contributed by atoms with Crippen LogP contribution < -0.4 is 5.43 Å². The van der Waals surface area contributed by atoms with Gasteiger partial charge in [-0.15, -0.1) is 0 Å². The summed E-state index contributed by atoms with van der Waals surface area (Å²) in [5.74, 6) is -1.00. The van der Waals surface area contributed by atoms with Crippen molar-refractivity contribution >= 4 is 12.1 Å². The third-order valence-electron chi connectivity index (χ3n) is 2.79. The highest BCUT2D eigenvalue weighted by atomic mass is 16.5. The van der Waals surface area contributed by atoms with Gasteiger partial charge in [-0.25, -0.2) is 5.43 Å². The topological polar surface area (TPSA) is 91.2 Å². The van der Waals surface area contributed by atoms with Crippen LogP contribution in [0.15, 0.2) is 53.6 Å². The average Bonchev–Trinajstić information content (AvgIpc) is 2.51. The van der Waals surface area contributed by atoms with Gasteiger partial charge in [-0.2, -0.15) is 5.10 Å². The predicted octanol–water partition coefficient (Wildman–Crippen LogP) is 2.03. The Bertz CT molecular complexity index is 656. The fourth-order valence-electron chi connectivity index (χ4n) is 1.72. The van der Waals surface area contributed by atoms with Crippen molar-refractivity contribution in [3.8, 4) is 11.5 Å². The summed E-state index contributed by atoms with van der Waals surface area (Å²) in [4.78, 5) is 11.7. The molecule has 1 amide bonds. The molecule has 0 spiro atoms. The van der Waals surface area contributed by atoms with E-state index in [9.17, 15) is 9.90 Å². The van der Waals surface area contributed by atoms with Crippen LogP contribution in [-0.4, -0.2) is 28.9 Å². The van der Waals surface area contributed by atoms with Gasteiger partial charge in [0.25, 0.3) is 5.91 Å². The van der Waals surface area contributed by atoms with Gasteiger partial charge in [0.05, 0.1) is 25.0 Å². The van der Waals surface area contributed by atoms with Gasteiger partial charge in [-0.1, -0.05) is 30.3 Å². The van der Waals surface area contributed by atoms with E-state index in [2.05, 4.69) is 10.5 Å². The maximum absolute atomic E-state index is 11.7.